The van der Waals surface area contributed by atoms with E-state index >= 15 is 0 Å². The third kappa shape index (κ3) is 7.22. The second-order valence-corrected chi connectivity index (χ2v) is 14.5. The Morgan fingerprint density at radius 3 is 2.54 bits per heavy atom. The fourth-order valence-corrected chi connectivity index (χ4v) is 8.61. The molecule has 0 spiro atoms. The molecular weight excluding hydrogens is 601 g/mol. The third-order valence-corrected chi connectivity index (χ3v) is 11.4. The molecule has 6 aliphatic rings. The van der Waals surface area contributed by atoms with Gasteiger partial charge in [0.2, 0.25) is 0 Å². The van der Waals surface area contributed by atoms with E-state index in [-0.39, 0.29) is 0 Å². The van der Waals surface area contributed by atoms with Gasteiger partial charge in [0.05, 0.1) is 0 Å². The fraction of sp³-hybridized carbons (Fsp3) is 0.250. The number of hydrogen-bond acceptors (Lipinski definition) is 1. The summed E-state index contributed by atoms with van der Waals surface area (Å²) in [7, 11) is 1.28. The van der Waals surface area contributed by atoms with Gasteiger partial charge in [0.25, 0.3) is 0 Å². The molecule has 1 aromatic rings. The summed E-state index contributed by atoms with van der Waals surface area (Å²) in [6.45, 7) is 12.2. The van der Waals surface area contributed by atoms with Gasteiger partial charge in [-0.1, -0.05) is 134 Å². The Morgan fingerprint density at radius 1 is 0.880 bits per heavy atom. The molecule has 50 heavy (non-hydrogen) atoms. The average Bonchev–Trinajstić information content (AvgIpc) is 3.54. The molecule has 1 unspecified atom stereocenters. The van der Waals surface area contributed by atoms with Crippen LogP contribution in [0.1, 0.15) is 57.9 Å². The number of allylic oxidation sites excluding steroid dienone is 28. The average molecular weight is 652 g/mol. The summed E-state index contributed by atoms with van der Waals surface area (Å²) in [5.41, 5.74) is 15.0. The second-order valence-electron chi connectivity index (χ2n) is 14.5. The summed E-state index contributed by atoms with van der Waals surface area (Å²) in [5, 5.41) is 0. The number of rotatable bonds is 10. The first kappa shape index (κ1) is 33.7. The standard InChI is InChI=1S/C48H50BN/c1-5-7-9-14-34(3)36(6-2)20-19-35(4)50(43-27-23-38(24-28-43)37-15-10-8-11-16-37)44-29-25-40-31-39(21-22-41(40)32-44)42-26-30-48-46(33-42)45-17-12-13-18-47(45)49-48/h5-7,9-10,12-25,27-29,31,41-42,45,47,49H,1-2,8,11,26,30,32-33H2,3-4H3/b9-7-,34-14+,35-19+,36-20+/t41-,42+,45+,47?/m1/s1. The van der Waals surface area contributed by atoms with Crippen molar-refractivity contribution in [1.29, 1.82) is 0 Å². The molecule has 0 fully saturated rings. The van der Waals surface area contributed by atoms with Gasteiger partial charge >= 0.3 is 0 Å². The molecule has 1 nitrogen and oxygen atoms in total. The highest BCUT2D eigenvalue weighted by Crippen LogP contribution is 2.49. The number of fused-ring (bicyclic) bond motifs is 3. The summed E-state index contributed by atoms with van der Waals surface area (Å²) in [6, 6.07) is 9.12. The zero-order valence-electron chi connectivity index (χ0n) is 29.9. The van der Waals surface area contributed by atoms with E-state index in [1.807, 2.05) is 18.2 Å². The minimum Gasteiger partial charge on any atom is -0.318 e. The molecule has 4 atom stereocenters. The number of nitrogens with zero attached hydrogens (tertiary/aromatic N) is 1. The van der Waals surface area contributed by atoms with Crippen LogP contribution in [0.25, 0.3) is 5.57 Å². The predicted octanol–water partition coefficient (Wildman–Crippen LogP) is 12.3. The quantitative estimate of drug-likeness (QED) is 0.180. The highest BCUT2D eigenvalue weighted by atomic mass is 15.2. The van der Waals surface area contributed by atoms with Gasteiger partial charge in [-0.25, -0.2) is 0 Å². The van der Waals surface area contributed by atoms with E-state index in [4.69, 9.17) is 0 Å². The van der Waals surface area contributed by atoms with Crippen molar-refractivity contribution in [3.8, 4) is 0 Å². The molecular formula is C48H50BN. The van der Waals surface area contributed by atoms with Crippen molar-refractivity contribution in [2.45, 2.75) is 58.2 Å². The van der Waals surface area contributed by atoms with Gasteiger partial charge in [-0.05, 0) is 128 Å². The smallest absolute Gasteiger partial charge is 0.160 e. The van der Waals surface area contributed by atoms with Crippen molar-refractivity contribution in [1.82, 2.24) is 0 Å². The number of hydrogen-bond donors (Lipinski definition) is 0. The SMILES string of the molecule is C=C\C=C/C=C(C)/C(C=C)=C/C=C(\C)N(C1=CC=C2C=C([C@H]3CCC4=C(C3)[C@@H]3C=CC=CC3B4)C=C[C@@H]2C1)c1ccc(C2=CCCC=C2)cc1. The lowest BCUT2D eigenvalue weighted by Gasteiger charge is -2.35. The lowest BCUT2D eigenvalue weighted by Crippen LogP contribution is -2.25. The van der Waals surface area contributed by atoms with E-state index in [0.717, 1.165) is 30.4 Å². The normalized spacial score (nSPS) is 26.0. The first-order valence-electron chi connectivity index (χ1n) is 18.6. The van der Waals surface area contributed by atoms with Crippen LogP contribution in [0.2, 0.25) is 5.82 Å². The summed E-state index contributed by atoms with van der Waals surface area (Å²) in [5.74, 6) is 2.34. The van der Waals surface area contributed by atoms with Crippen LogP contribution in [-0.2, 0) is 0 Å². The molecule has 0 bridgehead atoms. The zero-order valence-corrected chi connectivity index (χ0v) is 29.9. The molecule has 2 heteroatoms. The summed E-state index contributed by atoms with van der Waals surface area (Å²) in [4.78, 5) is 2.45. The third-order valence-electron chi connectivity index (χ3n) is 11.4. The number of anilines is 1. The van der Waals surface area contributed by atoms with E-state index in [2.05, 4.69) is 147 Å². The molecule has 0 saturated heterocycles. The lowest BCUT2D eigenvalue weighted by atomic mass is 9.58. The van der Waals surface area contributed by atoms with Gasteiger partial charge < -0.3 is 4.90 Å². The van der Waals surface area contributed by atoms with Crippen molar-refractivity contribution < 1.29 is 0 Å². The molecule has 250 valence electrons. The van der Waals surface area contributed by atoms with Crippen LogP contribution in [0.3, 0.4) is 0 Å². The van der Waals surface area contributed by atoms with Crippen LogP contribution in [0.4, 0.5) is 5.69 Å². The molecule has 0 aromatic heterocycles. The van der Waals surface area contributed by atoms with Crippen LogP contribution in [-0.4, -0.2) is 7.28 Å². The fourth-order valence-electron chi connectivity index (χ4n) is 8.61. The van der Waals surface area contributed by atoms with E-state index in [0.29, 0.717) is 23.6 Å². The maximum Gasteiger partial charge on any atom is 0.160 e. The Balaban J connectivity index is 1.17. The van der Waals surface area contributed by atoms with Crippen LogP contribution >= 0.6 is 0 Å². The highest BCUT2D eigenvalue weighted by molar-refractivity contribution is 6.50. The minimum atomic E-state index is 0.382. The van der Waals surface area contributed by atoms with E-state index < -0.39 is 0 Å². The molecule has 0 amide bonds. The lowest BCUT2D eigenvalue weighted by molar-refractivity contribution is 0.512. The Hall–Kier alpha value is -4.82. The van der Waals surface area contributed by atoms with Gasteiger partial charge in [0, 0.05) is 23.0 Å². The van der Waals surface area contributed by atoms with Crippen LogP contribution < -0.4 is 4.90 Å². The molecule has 7 rings (SSSR count). The van der Waals surface area contributed by atoms with E-state index in [9.17, 15) is 0 Å². The topological polar surface area (TPSA) is 3.24 Å². The van der Waals surface area contributed by atoms with Gasteiger partial charge in [0.15, 0.2) is 7.28 Å². The Morgan fingerprint density at radius 2 is 1.74 bits per heavy atom. The summed E-state index contributed by atoms with van der Waals surface area (Å²) < 4.78 is 0. The van der Waals surface area contributed by atoms with Gasteiger partial charge in [-0.3, -0.25) is 0 Å². The van der Waals surface area contributed by atoms with E-state index in [1.165, 1.54) is 65.9 Å². The van der Waals surface area contributed by atoms with Crippen LogP contribution in [0.15, 0.2) is 198 Å². The van der Waals surface area contributed by atoms with Crippen molar-refractivity contribution in [2.24, 2.45) is 17.8 Å². The molecule has 1 aliphatic heterocycles. The van der Waals surface area contributed by atoms with Crippen molar-refractivity contribution >= 4 is 18.5 Å². The second kappa shape index (κ2) is 15.4. The first-order valence-corrected chi connectivity index (χ1v) is 18.6. The maximum absolute atomic E-state index is 4.11. The van der Waals surface area contributed by atoms with Crippen molar-refractivity contribution in [3.05, 3.63) is 203 Å². The Bertz CT molecular complexity index is 1930. The minimum absolute atomic E-state index is 0.382. The largest absolute Gasteiger partial charge is 0.318 e. The molecule has 0 radical (unpaired) electrons. The van der Waals surface area contributed by atoms with Crippen molar-refractivity contribution in [3.63, 3.8) is 0 Å². The Kier molecular flexibility index (Phi) is 10.4. The Labute approximate surface area is 301 Å². The first-order chi connectivity index (χ1) is 24.5. The van der Waals surface area contributed by atoms with E-state index in [1.54, 1.807) is 17.1 Å². The van der Waals surface area contributed by atoms with Gasteiger partial charge in [-0.15, -0.1) is 5.47 Å². The predicted molar refractivity (Wildman–Crippen MR) is 219 cm³/mol. The molecule has 0 N–H and O–H groups in total. The zero-order chi connectivity index (χ0) is 34.5. The van der Waals surface area contributed by atoms with Gasteiger partial charge in [0.1, 0.15) is 0 Å². The van der Waals surface area contributed by atoms with Crippen LogP contribution in [0, 0.1) is 17.8 Å². The number of benzene rings is 1. The van der Waals surface area contributed by atoms with Gasteiger partial charge in [-0.2, -0.15) is 0 Å². The molecule has 0 saturated carbocycles. The molecule has 1 aromatic carbocycles. The maximum atomic E-state index is 4.11. The molecule has 5 aliphatic carbocycles. The monoisotopic (exact) mass is 651 g/mol. The summed E-state index contributed by atoms with van der Waals surface area (Å²) >= 11 is 0. The van der Waals surface area contributed by atoms with Crippen LogP contribution in [0.5, 0.6) is 0 Å². The van der Waals surface area contributed by atoms with Crippen molar-refractivity contribution in [2.75, 3.05) is 4.90 Å². The summed E-state index contributed by atoms with van der Waals surface area (Å²) in [6.07, 6.45) is 49.7. The molecule has 1 heterocycles. The highest BCUT2D eigenvalue weighted by Gasteiger charge is 2.37.